The molecular weight excluding hydrogens is 167 g/mol. The summed E-state index contributed by atoms with van der Waals surface area (Å²) in [7, 11) is 2.16. The summed E-state index contributed by atoms with van der Waals surface area (Å²) in [5.41, 5.74) is 0.298. The molecule has 1 atom stereocenters. The molecule has 0 aromatic heterocycles. The molecule has 76 valence electrons. The van der Waals surface area contributed by atoms with Crippen LogP contribution in [0.1, 0.15) is 20.3 Å². The van der Waals surface area contributed by atoms with Crippen LogP contribution in [0.2, 0.25) is 0 Å². The van der Waals surface area contributed by atoms with E-state index >= 15 is 0 Å². The van der Waals surface area contributed by atoms with Gasteiger partial charge < -0.3 is 0 Å². The van der Waals surface area contributed by atoms with Crippen molar-refractivity contribution < 1.29 is 4.39 Å². The van der Waals surface area contributed by atoms with Gasteiger partial charge in [0.05, 0.1) is 0 Å². The Hall–Kier alpha value is -0.150. The first kappa shape index (κ1) is 9.41. The Morgan fingerprint density at radius 2 is 1.85 bits per heavy atom. The van der Waals surface area contributed by atoms with Gasteiger partial charge in [0.15, 0.2) is 0 Å². The highest BCUT2D eigenvalue weighted by Gasteiger charge is 2.42. The first-order valence-corrected chi connectivity index (χ1v) is 5.08. The highest BCUT2D eigenvalue weighted by molar-refractivity contribution is 4.98. The van der Waals surface area contributed by atoms with Crippen LogP contribution in [0.4, 0.5) is 4.39 Å². The molecule has 0 aromatic carbocycles. The van der Waals surface area contributed by atoms with E-state index in [2.05, 4.69) is 30.7 Å². The molecule has 13 heavy (non-hydrogen) atoms. The van der Waals surface area contributed by atoms with Crippen LogP contribution in [-0.4, -0.2) is 54.2 Å². The van der Waals surface area contributed by atoms with Crippen LogP contribution in [0.5, 0.6) is 0 Å². The topological polar surface area (TPSA) is 6.48 Å². The summed E-state index contributed by atoms with van der Waals surface area (Å²) in [6, 6.07) is 0.590. The maximum Gasteiger partial charge on any atom is 0.125 e. The van der Waals surface area contributed by atoms with Crippen molar-refractivity contribution >= 4 is 0 Å². The van der Waals surface area contributed by atoms with Gasteiger partial charge in [0.2, 0.25) is 0 Å². The summed E-state index contributed by atoms with van der Waals surface area (Å²) < 4.78 is 12.7. The Morgan fingerprint density at radius 1 is 1.23 bits per heavy atom. The van der Waals surface area contributed by atoms with Crippen LogP contribution >= 0.6 is 0 Å². The van der Waals surface area contributed by atoms with Gasteiger partial charge in [-0.05, 0) is 27.3 Å². The van der Waals surface area contributed by atoms with E-state index in [1.165, 1.54) is 6.42 Å². The third kappa shape index (κ3) is 1.59. The molecule has 0 aromatic rings. The van der Waals surface area contributed by atoms with Crippen molar-refractivity contribution in [3.63, 3.8) is 0 Å². The van der Waals surface area contributed by atoms with Crippen molar-refractivity contribution in [2.75, 3.05) is 26.7 Å². The van der Waals surface area contributed by atoms with E-state index < -0.39 is 6.17 Å². The third-order valence-electron chi connectivity index (χ3n) is 3.63. The predicted octanol–water partition coefficient (Wildman–Crippen LogP) is 1.12. The number of rotatable bonds is 1. The van der Waals surface area contributed by atoms with Crippen LogP contribution in [0.25, 0.3) is 0 Å². The quantitative estimate of drug-likeness (QED) is 0.605. The monoisotopic (exact) mass is 186 g/mol. The molecule has 0 amide bonds. The fourth-order valence-electron chi connectivity index (χ4n) is 2.36. The van der Waals surface area contributed by atoms with E-state index in [1.54, 1.807) is 0 Å². The molecule has 3 heteroatoms. The molecule has 2 aliphatic rings. The summed E-state index contributed by atoms with van der Waals surface area (Å²) in [5.74, 6) is 0. The second-order valence-electron chi connectivity index (χ2n) is 5.10. The minimum atomic E-state index is -0.561. The molecule has 0 bridgehead atoms. The molecule has 0 spiro atoms. The molecular formula is C10H19FN2. The molecule has 2 rings (SSSR count). The fourth-order valence-corrected chi connectivity index (χ4v) is 2.36. The molecule has 0 N–H and O–H groups in total. The molecule has 0 saturated carbocycles. The number of nitrogens with zero attached hydrogens (tertiary/aromatic N) is 2. The van der Waals surface area contributed by atoms with Crippen LogP contribution in [-0.2, 0) is 0 Å². The maximum absolute atomic E-state index is 12.7. The van der Waals surface area contributed by atoms with E-state index in [9.17, 15) is 4.39 Å². The van der Waals surface area contributed by atoms with Crippen LogP contribution in [0.3, 0.4) is 0 Å². The zero-order valence-corrected chi connectivity index (χ0v) is 8.76. The smallest absolute Gasteiger partial charge is 0.125 e. The van der Waals surface area contributed by atoms with Crippen molar-refractivity contribution in [2.45, 2.75) is 38.0 Å². The molecule has 0 unspecified atom stereocenters. The van der Waals surface area contributed by atoms with Gasteiger partial charge in [-0.25, -0.2) is 4.39 Å². The van der Waals surface area contributed by atoms with Crippen molar-refractivity contribution in [1.29, 1.82) is 0 Å². The van der Waals surface area contributed by atoms with Gasteiger partial charge in [-0.1, -0.05) is 0 Å². The SMILES string of the molecule is CN1C[C@H](N2CC(F)C2)CC1(C)C. The lowest BCUT2D eigenvalue weighted by atomic mass is 9.98. The van der Waals surface area contributed by atoms with E-state index in [1.807, 2.05) is 0 Å². The minimum absolute atomic E-state index is 0.298. The summed E-state index contributed by atoms with van der Waals surface area (Å²) in [4.78, 5) is 4.65. The minimum Gasteiger partial charge on any atom is -0.300 e. The van der Waals surface area contributed by atoms with E-state index in [0.29, 0.717) is 24.7 Å². The third-order valence-corrected chi connectivity index (χ3v) is 3.63. The van der Waals surface area contributed by atoms with Gasteiger partial charge in [-0.3, -0.25) is 9.80 Å². The molecule has 2 fully saturated rings. The van der Waals surface area contributed by atoms with Crippen molar-refractivity contribution in [2.24, 2.45) is 0 Å². The lowest BCUT2D eigenvalue weighted by Crippen LogP contribution is -2.54. The number of hydrogen-bond donors (Lipinski definition) is 0. The molecule has 2 heterocycles. The normalized spacial score (nSPS) is 36.5. The van der Waals surface area contributed by atoms with Gasteiger partial charge in [-0.15, -0.1) is 0 Å². The van der Waals surface area contributed by atoms with E-state index in [0.717, 1.165) is 6.54 Å². The van der Waals surface area contributed by atoms with Crippen LogP contribution in [0.15, 0.2) is 0 Å². The highest BCUT2D eigenvalue weighted by Crippen LogP contribution is 2.32. The first-order chi connectivity index (χ1) is 5.99. The second kappa shape index (κ2) is 2.92. The summed E-state index contributed by atoms with van der Waals surface area (Å²) in [6.07, 6.45) is 0.616. The molecule has 2 saturated heterocycles. The molecule has 0 radical (unpaired) electrons. The largest absolute Gasteiger partial charge is 0.300 e. The predicted molar refractivity (Wildman–Crippen MR) is 51.6 cm³/mol. The zero-order valence-electron chi connectivity index (χ0n) is 8.76. The number of likely N-dealkylation sites (N-methyl/N-ethyl adjacent to an activating group) is 1. The average Bonchev–Trinajstić information content (AvgIpc) is 2.20. The Balaban J connectivity index is 1.91. The van der Waals surface area contributed by atoms with E-state index in [4.69, 9.17) is 0 Å². The Morgan fingerprint density at radius 3 is 2.23 bits per heavy atom. The average molecular weight is 186 g/mol. The van der Waals surface area contributed by atoms with Gasteiger partial charge in [-0.2, -0.15) is 0 Å². The van der Waals surface area contributed by atoms with Gasteiger partial charge in [0.25, 0.3) is 0 Å². The molecule has 2 aliphatic heterocycles. The number of alkyl halides is 1. The van der Waals surface area contributed by atoms with Gasteiger partial charge in [0.1, 0.15) is 6.17 Å². The van der Waals surface area contributed by atoms with Gasteiger partial charge >= 0.3 is 0 Å². The van der Waals surface area contributed by atoms with Crippen molar-refractivity contribution in [3.05, 3.63) is 0 Å². The standard InChI is InChI=1S/C10H19FN2/c1-10(2)4-9(7-12(10)3)13-5-8(11)6-13/h8-9H,4-7H2,1-3H3/t9-/m1/s1. The number of likely N-dealkylation sites (tertiary alicyclic amines) is 2. The van der Waals surface area contributed by atoms with Crippen molar-refractivity contribution in [1.82, 2.24) is 9.80 Å². The molecule has 2 nitrogen and oxygen atoms in total. The summed E-state index contributed by atoms with van der Waals surface area (Å²) >= 11 is 0. The summed E-state index contributed by atoms with van der Waals surface area (Å²) in [5, 5.41) is 0. The lowest BCUT2D eigenvalue weighted by molar-refractivity contribution is 0.0308. The number of halogens is 1. The molecule has 0 aliphatic carbocycles. The fraction of sp³-hybridized carbons (Fsp3) is 1.00. The van der Waals surface area contributed by atoms with E-state index in [-0.39, 0.29) is 0 Å². The van der Waals surface area contributed by atoms with Crippen LogP contribution < -0.4 is 0 Å². The summed E-state index contributed by atoms with van der Waals surface area (Å²) in [6.45, 7) is 6.95. The van der Waals surface area contributed by atoms with Crippen molar-refractivity contribution in [3.8, 4) is 0 Å². The number of hydrogen-bond acceptors (Lipinski definition) is 2. The Kier molecular flexibility index (Phi) is 2.11. The Labute approximate surface area is 79.7 Å². The van der Waals surface area contributed by atoms with Crippen LogP contribution in [0, 0.1) is 0 Å². The highest BCUT2D eigenvalue weighted by atomic mass is 19.1. The maximum atomic E-state index is 12.7. The van der Waals surface area contributed by atoms with Gasteiger partial charge in [0, 0.05) is 31.2 Å². The first-order valence-electron chi connectivity index (χ1n) is 5.08. The Bertz CT molecular complexity index is 199. The lowest BCUT2D eigenvalue weighted by Gasteiger charge is -2.39. The zero-order chi connectivity index (χ0) is 9.64. The second-order valence-corrected chi connectivity index (χ2v) is 5.10.